The van der Waals surface area contributed by atoms with E-state index in [1.165, 1.54) is 36.8 Å². The van der Waals surface area contributed by atoms with E-state index < -0.39 is 6.10 Å². The maximum Gasteiger partial charge on any atom is 0.119 e. The third-order valence-electron chi connectivity index (χ3n) is 3.97. The fraction of sp³-hybridized carbons (Fsp3) is 0.647. The molecule has 0 aromatic heterocycles. The largest absolute Gasteiger partial charge is 0.491 e. The van der Waals surface area contributed by atoms with Gasteiger partial charge in [0.2, 0.25) is 0 Å². The smallest absolute Gasteiger partial charge is 0.119 e. The summed E-state index contributed by atoms with van der Waals surface area (Å²) in [6, 6.07) is 6.12. The molecule has 1 aromatic rings. The van der Waals surface area contributed by atoms with Gasteiger partial charge in [0, 0.05) is 6.54 Å². The number of hydrogen-bond acceptors (Lipinski definition) is 3. The summed E-state index contributed by atoms with van der Waals surface area (Å²) in [7, 11) is 0. The van der Waals surface area contributed by atoms with Crippen molar-refractivity contribution in [1.82, 2.24) is 5.32 Å². The summed E-state index contributed by atoms with van der Waals surface area (Å²) in [6.45, 7) is 6.07. The van der Waals surface area contributed by atoms with E-state index >= 15 is 0 Å². The zero-order valence-electron chi connectivity index (χ0n) is 12.7. The average molecular weight is 277 g/mol. The van der Waals surface area contributed by atoms with Gasteiger partial charge < -0.3 is 15.2 Å². The van der Waals surface area contributed by atoms with Crippen LogP contribution in [0.4, 0.5) is 0 Å². The first kappa shape index (κ1) is 15.3. The minimum Gasteiger partial charge on any atom is -0.491 e. The molecular weight excluding hydrogens is 250 g/mol. The quantitative estimate of drug-likeness (QED) is 0.718. The molecule has 0 amide bonds. The van der Waals surface area contributed by atoms with E-state index in [-0.39, 0.29) is 0 Å². The second kappa shape index (κ2) is 7.65. The molecule has 0 saturated heterocycles. The second-order valence-electron chi connectivity index (χ2n) is 6.08. The molecule has 1 aromatic carbocycles. The molecule has 1 saturated carbocycles. The minimum atomic E-state index is -0.447. The summed E-state index contributed by atoms with van der Waals surface area (Å²) in [4.78, 5) is 0. The van der Waals surface area contributed by atoms with Crippen LogP contribution in [-0.4, -0.2) is 30.9 Å². The van der Waals surface area contributed by atoms with Crippen molar-refractivity contribution in [3.8, 4) is 5.75 Å². The summed E-state index contributed by atoms with van der Waals surface area (Å²) in [5.41, 5.74) is 2.38. The van der Waals surface area contributed by atoms with Crippen LogP contribution in [0.2, 0.25) is 0 Å². The zero-order chi connectivity index (χ0) is 14.4. The molecule has 0 radical (unpaired) electrons. The lowest BCUT2D eigenvalue weighted by atomic mass is 9.83. The number of ether oxygens (including phenoxy) is 1. The summed E-state index contributed by atoms with van der Waals surface area (Å²) < 4.78 is 5.65. The topological polar surface area (TPSA) is 41.5 Å². The molecule has 1 fully saturated rings. The number of aryl methyl sites for hydroxylation is 2. The lowest BCUT2D eigenvalue weighted by Crippen LogP contribution is -2.33. The molecule has 1 aliphatic rings. The van der Waals surface area contributed by atoms with Crippen molar-refractivity contribution in [2.75, 3.05) is 19.7 Å². The molecule has 0 heterocycles. The molecule has 0 spiro atoms. The van der Waals surface area contributed by atoms with Crippen LogP contribution in [0.15, 0.2) is 18.2 Å². The molecule has 3 heteroatoms. The number of aliphatic hydroxyl groups is 1. The molecule has 1 aliphatic carbocycles. The number of benzene rings is 1. The van der Waals surface area contributed by atoms with Gasteiger partial charge in [0.05, 0.1) is 0 Å². The van der Waals surface area contributed by atoms with Gasteiger partial charge in [-0.2, -0.15) is 0 Å². The van der Waals surface area contributed by atoms with E-state index in [2.05, 4.69) is 25.2 Å². The van der Waals surface area contributed by atoms with Crippen LogP contribution in [-0.2, 0) is 0 Å². The molecule has 112 valence electrons. The highest BCUT2D eigenvalue weighted by molar-refractivity contribution is 5.32. The third-order valence-corrected chi connectivity index (χ3v) is 3.97. The standard InChI is InChI=1S/C17H27NO2/c1-13-8-14(2)10-17(9-13)20-12-16(19)11-18-7-6-15-4-3-5-15/h8-10,15-16,18-19H,3-7,11-12H2,1-2H3. The van der Waals surface area contributed by atoms with Gasteiger partial charge in [-0.1, -0.05) is 25.3 Å². The highest BCUT2D eigenvalue weighted by Gasteiger charge is 2.16. The number of aliphatic hydroxyl groups excluding tert-OH is 1. The van der Waals surface area contributed by atoms with E-state index in [0.717, 1.165) is 18.2 Å². The first-order chi connectivity index (χ1) is 9.63. The molecule has 2 N–H and O–H groups in total. The minimum absolute atomic E-state index is 0.347. The van der Waals surface area contributed by atoms with Gasteiger partial charge in [-0.3, -0.25) is 0 Å². The lowest BCUT2D eigenvalue weighted by Gasteiger charge is -2.25. The van der Waals surface area contributed by atoms with Crippen LogP contribution >= 0.6 is 0 Å². The Morgan fingerprint density at radius 2 is 1.95 bits per heavy atom. The highest BCUT2D eigenvalue weighted by Crippen LogP contribution is 2.28. The number of rotatable bonds is 8. The third kappa shape index (κ3) is 5.14. The molecule has 0 aliphatic heterocycles. The van der Waals surface area contributed by atoms with Crippen LogP contribution in [0.3, 0.4) is 0 Å². The normalized spacial score (nSPS) is 16.8. The predicted molar refractivity (Wildman–Crippen MR) is 82.2 cm³/mol. The van der Waals surface area contributed by atoms with Crippen molar-refractivity contribution in [2.45, 2.75) is 45.6 Å². The lowest BCUT2D eigenvalue weighted by molar-refractivity contribution is 0.105. The SMILES string of the molecule is Cc1cc(C)cc(OCC(O)CNCCC2CCC2)c1. The van der Waals surface area contributed by atoms with Crippen molar-refractivity contribution in [2.24, 2.45) is 5.92 Å². The van der Waals surface area contributed by atoms with Gasteiger partial charge in [0.15, 0.2) is 0 Å². The monoisotopic (exact) mass is 277 g/mol. The highest BCUT2D eigenvalue weighted by atomic mass is 16.5. The molecular formula is C17H27NO2. The Kier molecular flexibility index (Phi) is 5.86. The van der Waals surface area contributed by atoms with Crippen molar-refractivity contribution in [1.29, 1.82) is 0 Å². The van der Waals surface area contributed by atoms with Crippen molar-refractivity contribution < 1.29 is 9.84 Å². The van der Waals surface area contributed by atoms with Gasteiger partial charge >= 0.3 is 0 Å². The summed E-state index contributed by atoms with van der Waals surface area (Å²) in [5, 5.41) is 13.2. The van der Waals surface area contributed by atoms with Gasteiger partial charge in [-0.25, -0.2) is 0 Å². The summed E-state index contributed by atoms with van der Waals surface area (Å²) in [6.07, 6.45) is 4.97. The van der Waals surface area contributed by atoms with Crippen LogP contribution in [0, 0.1) is 19.8 Å². The van der Waals surface area contributed by atoms with Gasteiger partial charge in [0.25, 0.3) is 0 Å². The summed E-state index contributed by atoms with van der Waals surface area (Å²) >= 11 is 0. The fourth-order valence-corrected chi connectivity index (χ4v) is 2.62. The van der Waals surface area contributed by atoms with Crippen LogP contribution < -0.4 is 10.1 Å². The Morgan fingerprint density at radius 3 is 2.55 bits per heavy atom. The fourth-order valence-electron chi connectivity index (χ4n) is 2.62. The first-order valence-corrected chi connectivity index (χ1v) is 7.73. The molecule has 20 heavy (non-hydrogen) atoms. The first-order valence-electron chi connectivity index (χ1n) is 7.73. The predicted octanol–water partition coefficient (Wildman–Crippen LogP) is 2.82. The van der Waals surface area contributed by atoms with Gasteiger partial charge in [-0.05, 0) is 56.0 Å². The van der Waals surface area contributed by atoms with Gasteiger partial charge in [-0.15, -0.1) is 0 Å². The molecule has 1 unspecified atom stereocenters. The number of hydrogen-bond donors (Lipinski definition) is 2. The van der Waals surface area contributed by atoms with Crippen molar-refractivity contribution >= 4 is 0 Å². The Labute approximate surface area is 122 Å². The summed E-state index contributed by atoms with van der Waals surface area (Å²) in [5.74, 6) is 1.77. The van der Waals surface area contributed by atoms with E-state index in [1.54, 1.807) is 0 Å². The van der Waals surface area contributed by atoms with Crippen LogP contribution in [0.5, 0.6) is 5.75 Å². The van der Waals surface area contributed by atoms with Crippen molar-refractivity contribution in [3.63, 3.8) is 0 Å². The van der Waals surface area contributed by atoms with E-state index in [1.807, 2.05) is 12.1 Å². The number of nitrogens with one attached hydrogen (secondary N) is 1. The molecule has 2 rings (SSSR count). The maximum absolute atomic E-state index is 9.90. The van der Waals surface area contributed by atoms with Gasteiger partial charge in [0.1, 0.15) is 18.5 Å². The Morgan fingerprint density at radius 1 is 1.25 bits per heavy atom. The Hall–Kier alpha value is -1.06. The molecule has 0 bridgehead atoms. The van der Waals surface area contributed by atoms with E-state index in [9.17, 15) is 5.11 Å². The maximum atomic E-state index is 9.90. The van der Waals surface area contributed by atoms with E-state index in [4.69, 9.17) is 4.74 Å². The molecule has 3 nitrogen and oxygen atoms in total. The van der Waals surface area contributed by atoms with Crippen molar-refractivity contribution in [3.05, 3.63) is 29.3 Å². The molecule has 1 atom stereocenters. The van der Waals surface area contributed by atoms with Crippen LogP contribution in [0.25, 0.3) is 0 Å². The zero-order valence-corrected chi connectivity index (χ0v) is 12.7. The Bertz CT molecular complexity index is 395. The Balaban J connectivity index is 1.60. The van der Waals surface area contributed by atoms with E-state index in [0.29, 0.717) is 13.2 Å². The average Bonchev–Trinajstić information content (AvgIpc) is 2.33. The second-order valence-corrected chi connectivity index (χ2v) is 6.08. The van der Waals surface area contributed by atoms with Crippen LogP contribution in [0.1, 0.15) is 36.8 Å².